The average Bonchev–Trinajstić information content (AvgIpc) is 3.17. The van der Waals surface area contributed by atoms with Gasteiger partial charge in [-0.25, -0.2) is 0 Å². The molecule has 1 aliphatic carbocycles. The van der Waals surface area contributed by atoms with Gasteiger partial charge in [0.2, 0.25) is 0 Å². The van der Waals surface area contributed by atoms with E-state index < -0.39 is 0 Å². The first-order valence-corrected chi connectivity index (χ1v) is 9.73. The van der Waals surface area contributed by atoms with Crippen LogP contribution in [-0.4, -0.2) is 0 Å². The van der Waals surface area contributed by atoms with Crippen LogP contribution in [0.3, 0.4) is 0 Å². The van der Waals surface area contributed by atoms with Crippen LogP contribution in [0, 0.1) is 6.92 Å². The van der Waals surface area contributed by atoms with Crippen LogP contribution in [0.15, 0.2) is 67.9 Å². The summed E-state index contributed by atoms with van der Waals surface area (Å²) in [6.07, 6.45) is 1.87. The maximum absolute atomic E-state index is 6.26. The molecule has 0 unspecified atom stereocenters. The molecule has 4 aromatic rings. The number of halogens is 1. The van der Waals surface area contributed by atoms with E-state index in [1.165, 1.54) is 11.1 Å². The molecular weight excluding hydrogens is 388 g/mol. The summed E-state index contributed by atoms with van der Waals surface area (Å²) in [5.74, 6) is 2.92. The minimum absolute atomic E-state index is 0.103. The molecule has 2 nitrogen and oxygen atoms in total. The Kier molecular flexibility index (Phi) is 3.45. The van der Waals surface area contributed by atoms with Gasteiger partial charge in [-0.05, 0) is 43.2 Å². The van der Waals surface area contributed by atoms with Crippen molar-refractivity contribution in [1.82, 2.24) is 0 Å². The standard InChI is InChI=1S/C23H19BrO2/c1-14-12-18-22(25-14)21-17-13-16(24)8-9-19(17)26-20(21)10-11-23(18,2)15-6-4-3-5-7-15/h3-9,12-13H,10-11H2,1-2H3/t23-/m0/s1. The van der Waals surface area contributed by atoms with Crippen molar-refractivity contribution >= 4 is 26.9 Å². The SMILES string of the molecule is Cc1cc2c(o1)-c1c(oc3ccc(Br)cc13)CC[C@@]2(C)c1ccccc1. The predicted molar refractivity (Wildman–Crippen MR) is 108 cm³/mol. The van der Waals surface area contributed by atoms with E-state index in [-0.39, 0.29) is 5.41 Å². The maximum atomic E-state index is 6.26. The Morgan fingerprint density at radius 2 is 1.81 bits per heavy atom. The summed E-state index contributed by atoms with van der Waals surface area (Å²) >= 11 is 3.60. The van der Waals surface area contributed by atoms with Crippen LogP contribution in [-0.2, 0) is 11.8 Å². The van der Waals surface area contributed by atoms with Gasteiger partial charge in [0.25, 0.3) is 0 Å². The number of hydrogen-bond donors (Lipinski definition) is 0. The number of rotatable bonds is 1. The summed E-state index contributed by atoms with van der Waals surface area (Å²) in [4.78, 5) is 0. The van der Waals surface area contributed by atoms with E-state index in [4.69, 9.17) is 8.83 Å². The van der Waals surface area contributed by atoms with Gasteiger partial charge in [0.05, 0.1) is 5.56 Å². The monoisotopic (exact) mass is 406 g/mol. The van der Waals surface area contributed by atoms with Gasteiger partial charge in [-0.3, -0.25) is 0 Å². The average molecular weight is 407 g/mol. The lowest BCUT2D eigenvalue weighted by molar-refractivity contribution is 0.477. The Morgan fingerprint density at radius 3 is 2.62 bits per heavy atom. The normalized spacial score (nSPS) is 19.2. The molecular formula is C23H19BrO2. The topological polar surface area (TPSA) is 26.3 Å². The summed E-state index contributed by atoms with van der Waals surface area (Å²) in [5, 5.41) is 1.11. The molecule has 5 rings (SSSR count). The Balaban J connectivity index is 1.83. The van der Waals surface area contributed by atoms with Crippen LogP contribution in [0.4, 0.5) is 0 Å². The fraction of sp³-hybridized carbons (Fsp3) is 0.217. The van der Waals surface area contributed by atoms with E-state index in [1.54, 1.807) is 0 Å². The Labute approximate surface area is 161 Å². The van der Waals surface area contributed by atoms with Gasteiger partial charge in [0.1, 0.15) is 22.9 Å². The van der Waals surface area contributed by atoms with E-state index in [0.717, 1.165) is 51.1 Å². The summed E-state index contributed by atoms with van der Waals surface area (Å²) < 4.78 is 13.5. The molecule has 0 saturated heterocycles. The Hall–Kier alpha value is -2.26. The van der Waals surface area contributed by atoms with Crippen molar-refractivity contribution in [3.63, 3.8) is 0 Å². The highest BCUT2D eigenvalue weighted by molar-refractivity contribution is 9.10. The fourth-order valence-corrected chi connectivity index (χ4v) is 4.62. The first kappa shape index (κ1) is 16.0. The van der Waals surface area contributed by atoms with Gasteiger partial charge in [-0.15, -0.1) is 0 Å². The summed E-state index contributed by atoms with van der Waals surface area (Å²) in [6.45, 7) is 4.35. The molecule has 2 heterocycles. The van der Waals surface area contributed by atoms with Crippen molar-refractivity contribution in [2.75, 3.05) is 0 Å². The molecule has 0 saturated carbocycles. The lowest BCUT2D eigenvalue weighted by Crippen LogP contribution is -2.23. The van der Waals surface area contributed by atoms with Crippen LogP contribution in [0.2, 0.25) is 0 Å². The second-order valence-electron chi connectivity index (χ2n) is 7.34. The van der Waals surface area contributed by atoms with Crippen molar-refractivity contribution in [3.05, 3.63) is 81.7 Å². The zero-order valence-corrected chi connectivity index (χ0v) is 16.4. The van der Waals surface area contributed by atoms with Gasteiger partial charge in [-0.1, -0.05) is 53.2 Å². The number of furan rings is 2. The molecule has 2 aromatic carbocycles. The summed E-state index contributed by atoms with van der Waals surface area (Å²) in [6, 6.07) is 19.1. The number of fused-ring (bicyclic) bond motifs is 5. The van der Waals surface area contributed by atoms with Gasteiger partial charge >= 0.3 is 0 Å². The van der Waals surface area contributed by atoms with Crippen molar-refractivity contribution in [2.45, 2.75) is 32.1 Å². The van der Waals surface area contributed by atoms with E-state index in [9.17, 15) is 0 Å². The van der Waals surface area contributed by atoms with E-state index >= 15 is 0 Å². The van der Waals surface area contributed by atoms with Crippen molar-refractivity contribution < 1.29 is 8.83 Å². The predicted octanol–water partition coefficient (Wildman–Crippen LogP) is 7.02. The number of hydrogen-bond acceptors (Lipinski definition) is 2. The molecule has 0 aliphatic heterocycles. The largest absolute Gasteiger partial charge is 0.461 e. The molecule has 1 aliphatic rings. The third-order valence-corrected chi connectivity index (χ3v) is 6.16. The summed E-state index contributed by atoms with van der Waals surface area (Å²) in [5.41, 5.74) is 4.50. The highest BCUT2D eigenvalue weighted by Crippen LogP contribution is 2.49. The molecule has 0 radical (unpaired) electrons. The van der Waals surface area contributed by atoms with E-state index in [1.807, 2.05) is 19.1 Å². The first-order chi connectivity index (χ1) is 12.6. The minimum atomic E-state index is -0.103. The first-order valence-electron chi connectivity index (χ1n) is 8.94. The lowest BCUT2D eigenvalue weighted by Gasteiger charge is -2.29. The summed E-state index contributed by atoms with van der Waals surface area (Å²) in [7, 11) is 0. The third-order valence-electron chi connectivity index (χ3n) is 5.66. The highest BCUT2D eigenvalue weighted by atomic mass is 79.9. The minimum Gasteiger partial charge on any atom is -0.461 e. The van der Waals surface area contributed by atoms with Crippen molar-refractivity contribution in [1.29, 1.82) is 0 Å². The molecule has 0 bridgehead atoms. The van der Waals surface area contributed by atoms with Crippen molar-refractivity contribution in [2.24, 2.45) is 0 Å². The number of aryl methyl sites for hydroxylation is 2. The molecule has 1 atom stereocenters. The van der Waals surface area contributed by atoms with Gasteiger partial charge in [0, 0.05) is 27.3 Å². The molecule has 0 spiro atoms. The smallest absolute Gasteiger partial charge is 0.142 e. The second kappa shape index (κ2) is 5.62. The second-order valence-corrected chi connectivity index (χ2v) is 8.25. The van der Waals surface area contributed by atoms with E-state index in [0.29, 0.717) is 0 Å². The molecule has 0 N–H and O–H groups in total. The third kappa shape index (κ3) is 2.23. The highest BCUT2D eigenvalue weighted by Gasteiger charge is 2.38. The molecule has 0 fully saturated rings. The zero-order valence-electron chi connectivity index (χ0n) is 14.8. The molecule has 2 aromatic heterocycles. The quantitative estimate of drug-likeness (QED) is 0.339. The maximum Gasteiger partial charge on any atom is 0.142 e. The van der Waals surface area contributed by atoms with Crippen LogP contribution in [0.1, 0.15) is 36.0 Å². The van der Waals surface area contributed by atoms with Crippen molar-refractivity contribution in [3.8, 4) is 11.3 Å². The number of benzene rings is 2. The molecule has 3 heteroatoms. The van der Waals surface area contributed by atoms with Crippen LogP contribution < -0.4 is 0 Å². The zero-order chi connectivity index (χ0) is 17.9. The Morgan fingerprint density at radius 1 is 1.00 bits per heavy atom. The Bertz CT molecular complexity index is 1120. The molecule has 26 heavy (non-hydrogen) atoms. The lowest BCUT2D eigenvalue weighted by atomic mass is 9.73. The van der Waals surface area contributed by atoms with Crippen LogP contribution in [0.5, 0.6) is 0 Å². The molecule has 0 amide bonds. The van der Waals surface area contributed by atoms with Crippen LogP contribution in [0.25, 0.3) is 22.3 Å². The van der Waals surface area contributed by atoms with E-state index in [2.05, 4.69) is 65.3 Å². The van der Waals surface area contributed by atoms with Gasteiger partial charge in [0.15, 0.2) is 0 Å². The molecule has 130 valence electrons. The van der Waals surface area contributed by atoms with Crippen LogP contribution >= 0.6 is 15.9 Å². The fourth-order valence-electron chi connectivity index (χ4n) is 4.26. The van der Waals surface area contributed by atoms with Gasteiger partial charge in [-0.2, -0.15) is 0 Å². The van der Waals surface area contributed by atoms with Gasteiger partial charge < -0.3 is 8.83 Å².